The van der Waals surface area contributed by atoms with Crippen molar-refractivity contribution in [1.82, 2.24) is 10.2 Å². The first-order chi connectivity index (χ1) is 6.38. The van der Waals surface area contributed by atoms with Crippen molar-refractivity contribution in [3.63, 3.8) is 0 Å². The SMILES string of the molecule is O=C([C@H]1CCCN1)N1CCCCC1. The van der Waals surface area contributed by atoms with Crippen LogP contribution in [0.4, 0.5) is 0 Å². The number of rotatable bonds is 1. The zero-order valence-electron chi connectivity index (χ0n) is 8.09. The van der Waals surface area contributed by atoms with Crippen LogP contribution in [0.1, 0.15) is 32.1 Å². The van der Waals surface area contributed by atoms with Gasteiger partial charge in [-0.05, 0) is 38.6 Å². The minimum atomic E-state index is 0.137. The molecule has 0 aromatic carbocycles. The molecule has 2 aliphatic rings. The molecule has 1 amide bonds. The number of piperidine rings is 1. The molecule has 74 valence electrons. The van der Waals surface area contributed by atoms with E-state index in [1.165, 1.54) is 19.3 Å². The molecule has 0 aliphatic carbocycles. The molecule has 0 saturated carbocycles. The van der Waals surface area contributed by atoms with Crippen LogP contribution >= 0.6 is 0 Å². The molecule has 3 nitrogen and oxygen atoms in total. The minimum absolute atomic E-state index is 0.137. The summed E-state index contributed by atoms with van der Waals surface area (Å²) >= 11 is 0. The smallest absolute Gasteiger partial charge is 0.239 e. The average Bonchev–Trinajstić information content (AvgIpc) is 2.71. The van der Waals surface area contributed by atoms with Gasteiger partial charge in [0.1, 0.15) is 0 Å². The van der Waals surface area contributed by atoms with Crippen molar-refractivity contribution in [2.45, 2.75) is 38.1 Å². The predicted octanol–water partition coefficient (Wildman–Crippen LogP) is 0.751. The fourth-order valence-corrected chi connectivity index (χ4v) is 2.23. The van der Waals surface area contributed by atoms with Gasteiger partial charge in [-0.2, -0.15) is 0 Å². The zero-order valence-corrected chi connectivity index (χ0v) is 8.09. The Kier molecular flexibility index (Phi) is 2.83. The first-order valence-electron chi connectivity index (χ1n) is 5.40. The topological polar surface area (TPSA) is 32.3 Å². The number of amides is 1. The predicted molar refractivity (Wildman–Crippen MR) is 51.5 cm³/mol. The van der Waals surface area contributed by atoms with Crippen LogP contribution in [0.2, 0.25) is 0 Å². The summed E-state index contributed by atoms with van der Waals surface area (Å²) in [6.45, 7) is 2.98. The Morgan fingerprint density at radius 1 is 1.15 bits per heavy atom. The number of carbonyl (C=O) groups is 1. The third-order valence-electron chi connectivity index (χ3n) is 3.03. The Bertz CT molecular complexity index is 181. The quantitative estimate of drug-likeness (QED) is 0.649. The first-order valence-corrected chi connectivity index (χ1v) is 5.40. The van der Waals surface area contributed by atoms with Crippen LogP contribution in [0.15, 0.2) is 0 Å². The second-order valence-corrected chi connectivity index (χ2v) is 4.03. The summed E-state index contributed by atoms with van der Waals surface area (Å²) in [6.07, 6.45) is 5.87. The normalized spacial score (nSPS) is 29.2. The van der Waals surface area contributed by atoms with Gasteiger partial charge in [-0.1, -0.05) is 0 Å². The lowest BCUT2D eigenvalue weighted by molar-refractivity contribution is -0.133. The Labute approximate surface area is 79.5 Å². The summed E-state index contributed by atoms with van der Waals surface area (Å²) in [7, 11) is 0. The van der Waals surface area contributed by atoms with E-state index in [9.17, 15) is 4.79 Å². The molecule has 0 aromatic heterocycles. The van der Waals surface area contributed by atoms with Gasteiger partial charge in [0.25, 0.3) is 0 Å². The standard InChI is InChI=1S/C10H18N2O/c13-10(9-5-4-6-11-9)12-7-2-1-3-8-12/h9,11H,1-8H2/t9-/m1/s1. The van der Waals surface area contributed by atoms with Gasteiger partial charge in [0, 0.05) is 13.1 Å². The molecule has 2 rings (SSSR count). The van der Waals surface area contributed by atoms with Crippen molar-refractivity contribution >= 4 is 5.91 Å². The van der Waals surface area contributed by atoms with Crippen molar-refractivity contribution in [3.05, 3.63) is 0 Å². The Hall–Kier alpha value is -0.570. The molecule has 13 heavy (non-hydrogen) atoms. The van der Waals surface area contributed by atoms with Gasteiger partial charge in [-0.15, -0.1) is 0 Å². The Morgan fingerprint density at radius 3 is 2.54 bits per heavy atom. The highest BCUT2D eigenvalue weighted by Crippen LogP contribution is 2.13. The number of likely N-dealkylation sites (tertiary alicyclic amines) is 1. The van der Waals surface area contributed by atoms with Gasteiger partial charge < -0.3 is 10.2 Å². The van der Waals surface area contributed by atoms with Crippen LogP contribution in [0.25, 0.3) is 0 Å². The van der Waals surface area contributed by atoms with Crippen molar-refractivity contribution in [3.8, 4) is 0 Å². The van der Waals surface area contributed by atoms with Gasteiger partial charge >= 0.3 is 0 Å². The number of hydrogen-bond acceptors (Lipinski definition) is 2. The van der Waals surface area contributed by atoms with Gasteiger partial charge in [0.2, 0.25) is 5.91 Å². The van der Waals surface area contributed by atoms with Crippen molar-refractivity contribution in [1.29, 1.82) is 0 Å². The van der Waals surface area contributed by atoms with Crippen molar-refractivity contribution in [2.24, 2.45) is 0 Å². The molecule has 0 spiro atoms. The minimum Gasteiger partial charge on any atom is -0.341 e. The molecule has 0 bridgehead atoms. The molecule has 2 heterocycles. The summed E-state index contributed by atoms with van der Waals surface area (Å²) in [5.74, 6) is 0.345. The summed E-state index contributed by atoms with van der Waals surface area (Å²) in [6, 6.07) is 0.137. The van der Waals surface area contributed by atoms with Crippen LogP contribution in [-0.2, 0) is 4.79 Å². The third kappa shape index (κ3) is 2.02. The van der Waals surface area contributed by atoms with E-state index in [2.05, 4.69) is 5.32 Å². The molecule has 2 saturated heterocycles. The highest BCUT2D eigenvalue weighted by molar-refractivity contribution is 5.82. The van der Waals surface area contributed by atoms with Gasteiger partial charge in [-0.3, -0.25) is 4.79 Å². The molecular weight excluding hydrogens is 164 g/mol. The van der Waals surface area contributed by atoms with E-state index in [1.54, 1.807) is 0 Å². The van der Waals surface area contributed by atoms with Crippen LogP contribution in [0.5, 0.6) is 0 Å². The van der Waals surface area contributed by atoms with Gasteiger partial charge in [-0.25, -0.2) is 0 Å². The maximum Gasteiger partial charge on any atom is 0.239 e. The second-order valence-electron chi connectivity index (χ2n) is 4.03. The van der Waals surface area contributed by atoms with Crippen LogP contribution < -0.4 is 5.32 Å². The second kappa shape index (κ2) is 4.09. The molecular formula is C10H18N2O. The lowest BCUT2D eigenvalue weighted by atomic mass is 10.1. The van der Waals surface area contributed by atoms with E-state index < -0.39 is 0 Å². The molecule has 3 heteroatoms. The largest absolute Gasteiger partial charge is 0.341 e. The summed E-state index contributed by atoms with van der Waals surface area (Å²) in [5, 5.41) is 3.26. The number of nitrogens with zero attached hydrogens (tertiary/aromatic N) is 1. The Morgan fingerprint density at radius 2 is 1.92 bits per heavy atom. The van der Waals surface area contributed by atoms with Crippen LogP contribution in [0, 0.1) is 0 Å². The average molecular weight is 182 g/mol. The molecule has 0 radical (unpaired) electrons. The van der Waals surface area contributed by atoms with E-state index >= 15 is 0 Å². The fraction of sp³-hybridized carbons (Fsp3) is 0.900. The number of hydrogen-bond donors (Lipinski definition) is 1. The van der Waals surface area contributed by atoms with Crippen molar-refractivity contribution < 1.29 is 4.79 Å². The van der Waals surface area contributed by atoms with E-state index in [0.29, 0.717) is 5.91 Å². The highest BCUT2D eigenvalue weighted by atomic mass is 16.2. The number of nitrogens with one attached hydrogen (secondary N) is 1. The molecule has 2 fully saturated rings. The lowest BCUT2D eigenvalue weighted by Crippen LogP contribution is -2.45. The summed E-state index contributed by atoms with van der Waals surface area (Å²) < 4.78 is 0. The Balaban J connectivity index is 1.87. The van der Waals surface area contributed by atoms with E-state index in [1.807, 2.05) is 4.90 Å². The molecule has 0 aromatic rings. The summed E-state index contributed by atoms with van der Waals surface area (Å²) in [4.78, 5) is 13.9. The van der Waals surface area contributed by atoms with Crippen LogP contribution in [0.3, 0.4) is 0 Å². The van der Waals surface area contributed by atoms with E-state index in [4.69, 9.17) is 0 Å². The number of carbonyl (C=O) groups excluding carboxylic acids is 1. The monoisotopic (exact) mass is 182 g/mol. The maximum absolute atomic E-state index is 11.9. The highest BCUT2D eigenvalue weighted by Gasteiger charge is 2.27. The fourth-order valence-electron chi connectivity index (χ4n) is 2.23. The van der Waals surface area contributed by atoms with Crippen molar-refractivity contribution in [2.75, 3.05) is 19.6 Å². The van der Waals surface area contributed by atoms with E-state index in [0.717, 1.165) is 32.5 Å². The molecule has 2 aliphatic heterocycles. The van der Waals surface area contributed by atoms with E-state index in [-0.39, 0.29) is 6.04 Å². The first kappa shape index (κ1) is 9.00. The van der Waals surface area contributed by atoms with Gasteiger partial charge in [0.05, 0.1) is 6.04 Å². The van der Waals surface area contributed by atoms with Crippen LogP contribution in [-0.4, -0.2) is 36.5 Å². The zero-order chi connectivity index (χ0) is 9.10. The van der Waals surface area contributed by atoms with Gasteiger partial charge in [0.15, 0.2) is 0 Å². The molecule has 0 unspecified atom stereocenters. The maximum atomic E-state index is 11.9. The third-order valence-corrected chi connectivity index (χ3v) is 3.03. The molecule has 1 N–H and O–H groups in total. The summed E-state index contributed by atoms with van der Waals surface area (Å²) in [5.41, 5.74) is 0. The lowest BCUT2D eigenvalue weighted by Gasteiger charge is -2.29. The molecule has 1 atom stereocenters.